The molecular weight excluding hydrogens is 526 g/mol. The molecule has 0 aromatic heterocycles. The highest BCUT2D eigenvalue weighted by atomic mass is 16.5. The maximum atomic E-state index is 14.3. The standard InChI is InChI=1S/C31H51N3O7/c1-16(30(35)33-22-9-6-17(37-2)15-25(22)39-4)41-18-7-10-23-21(14-18)19-12-13-32-27-20-8-11-24(38-3)29(40-5)26(20)31(36)34(23)28(19)27/h16-29,32H,6-15H2,1-5H3,(H,33,35)/p+1/t16-,17?,18?,19?,20?,21?,22?,23?,24?,25?,26?,27?,28?,29?/m1/s1. The number of carbonyl (C=O) groups excluding carboxylic acids is 2. The SMILES string of the molecule is COC1CCC(NC(=O)[C@@H](C)OC2CCC3C(C2)C2CC[NH2+]C4C5CCC(OC)C(OC)C5C(=O)N3C24)C(OC)C1. The molecule has 41 heavy (non-hydrogen) atoms. The van der Waals surface area contributed by atoms with Gasteiger partial charge in [0.2, 0.25) is 11.8 Å². The number of nitrogens with two attached hydrogens (primary N) is 1. The molecule has 6 fully saturated rings. The van der Waals surface area contributed by atoms with Gasteiger partial charge in [0.1, 0.15) is 12.1 Å². The Labute approximate surface area is 244 Å². The highest BCUT2D eigenvalue weighted by Gasteiger charge is 2.66. The highest BCUT2D eigenvalue weighted by molar-refractivity contribution is 5.83. The Bertz CT molecular complexity index is 953. The van der Waals surface area contributed by atoms with Crippen molar-refractivity contribution in [3.63, 3.8) is 0 Å². The summed E-state index contributed by atoms with van der Waals surface area (Å²) in [5, 5.41) is 5.74. The number of piperidine rings is 2. The Balaban J connectivity index is 1.11. The van der Waals surface area contributed by atoms with E-state index in [2.05, 4.69) is 15.5 Å². The fourth-order valence-corrected chi connectivity index (χ4v) is 10.0. The molecule has 3 saturated carbocycles. The number of carbonyl (C=O) groups is 2. The molecule has 10 nitrogen and oxygen atoms in total. The first-order valence-electron chi connectivity index (χ1n) is 16.1. The number of amides is 2. The van der Waals surface area contributed by atoms with E-state index in [4.69, 9.17) is 23.7 Å². The maximum Gasteiger partial charge on any atom is 0.249 e. The molecule has 10 heteroatoms. The Morgan fingerprint density at radius 3 is 2.37 bits per heavy atom. The van der Waals surface area contributed by atoms with Gasteiger partial charge in [-0.15, -0.1) is 0 Å². The van der Waals surface area contributed by atoms with Crippen LogP contribution >= 0.6 is 0 Å². The summed E-state index contributed by atoms with van der Waals surface area (Å²) in [6, 6.07) is 0.973. The molecule has 0 radical (unpaired) electrons. The van der Waals surface area contributed by atoms with Gasteiger partial charge in [0, 0.05) is 53.2 Å². The van der Waals surface area contributed by atoms with E-state index in [1.165, 1.54) is 0 Å². The lowest BCUT2D eigenvalue weighted by atomic mass is 9.64. The molecule has 232 valence electrons. The molecule has 3 aliphatic carbocycles. The smallest absolute Gasteiger partial charge is 0.249 e. The molecule has 6 rings (SSSR count). The van der Waals surface area contributed by atoms with Gasteiger partial charge in [-0.2, -0.15) is 0 Å². The van der Waals surface area contributed by atoms with Crippen molar-refractivity contribution in [2.75, 3.05) is 35.0 Å². The number of rotatable bonds is 8. The molecule has 13 unspecified atom stereocenters. The fraction of sp³-hybridized carbons (Fsp3) is 0.935. The van der Waals surface area contributed by atoms with E-state index in [9.17, 15) is 9.59 Å². The molecule has 3 heterocycles. The van der Waals surface area contributed by atoms with Crippen LogP contribution < -0.4 is 10.6 Å². The third kappa shape index (κ3) is 5.24. The van der Waals surface area contributed by atoms with Gasteiger partial charge >= 0.3 is 0 Å². The van der Waals surface area contributed by atoms with Crippen LogP contribution in [0.5, 0.6) is 0 Å². The first kappa shape index (κ1) is 29.8. The van der Waals surface area contributed by atoms with E-state index < -0.39 is 6.10 Å². The van der Waals surface area contributed by atoms with E-state index in [-0.39, 0.29) is 54.4 Å². The second-order valence-corrected chi connectivity index (χ2v) is 13.5. The average Bonchev–Trinajstić information content (AvgIpc) is 3.33. The summed E-state index contributed by atoms with van der Waals surface area (Å²) in [6.07, 6.45) is 7.82. The fourth-order valence-electron chi connectivity index (χ4n) is 10.0. The van der Waals surface area contributed by atoms with Crippen molar-refractivity contribution in [2.24, 2.45) is 23.7 Å². The minimum absolute atomic E-state index is 0.0227. The number of methoxy groups -OCH3 is 4. The van der Waals surface area contributed by atoms with Crippen LogP contribution in [-0.2, 0) is 33.3 Å². The molecule has 3 saturated heterocycles. The second-order valence-electron chi connectivity index (χ2n) is 13.5. The van der Waals surface area contributed by atoms with Gasteiger partial charge in [0.25, 0.3) is 0 Å². The second kappa shape index (κ2) is 12.4. The number of quaternary nitrogens is 1. The van der Waals surface area contributed by atoms with Crippen LogP contribution in [0.3, 0.4) is 0 Å². The zero-order valence-electron chi connectivity index (χ0n) is 25.5. The molecule has 14 atom stereocenters. The van der Waals surface area contributed by atoms with Crippen molar-refractivity contribution >= 4 is 11.8 Å². The van der Waals surface area contributed by atoms with Crippen molar-refractivity contribution in [3.05, 3.63) is 0 Å². The average molecular weight is 579 g/mol. The van der Waals surface area contributed by atoms with Gasteiger partial charge in [0.15, 0.2) is 0 Å². The first-order chi connectivity index (χ1) is 19.9. The predicted molar refractivity (Wildman–Crippen MR) is 150 cm³/mol. The third-order valence-electron chi connectivity index (χ3n) is 11.9. The van der Waals surface area contributed by atoms with Crippen LogP contribution in [-0.4, -0.2) is 112 Å². The summed E-state index contributed by atoms with van der Waals surface area (Å²) < 4.78 is 29.4. The van der Waals surface area contributed by atoms with Crippen molar-refractivity contribution in [2.45, 2.75) is 126 Å². The number of nitrogens with zero attached hydrogens (tertiary/aromatic N) is 1. The molecule has 0 aromatic carbocycles. The zero-order valence-corrected chi connectivity index (χ0v) is 25.5. The predicted octanol–water partition coefficient (Wildman–Crippen LogP) is 0.860. The van der Waals surface area contributed by atoms with E-state index >= 15 is 0 Å². The third-order valence-corrected chi connectivity index (χ3v) is 11.9. The maximum absolute atomic E-state index is 14.3. The Hall–Kier alpha value is -1.30. The van der Waals surface area contributed by atoms with Gasteiger partial charge < -0.3 is 39.2 Å². The van der Waals surface area contributed by atoms with Crippen LogP contribution in [0.2, 0.25) is 0 Å². The lowest BCUT2D eigenvalue weighted by Gasteiger charge is -2.53. The largest absolute Gasteiger partial charge is 0.381 e. The monoisotopic (exact) mass is 578 g/mol. The number of hydrogen-bond donors (Lipinski definition) is 2. The molecule has 0 bridgehead atoms. The van der Waals surface area contributed by atoms with Crippen molar-refractivity contribution in [1.82, 2.24) is 10.2 Å². The number of nitrogens with one attached hydrogen (secondary N) is 1. The molecule has 0 spiro atoms. The molecule has 0 aromatic rings. The van der Waals surface area contributed by atoms with E-state index in [0.29, 0.717) is 35.7 Å². The Morgan fingerprint density at radius 1 is 0.854 bits per heavy atom. The summed E-state index contributed by atoms with van der Waals surface area (Å²) in [6.45, 7) is 2.99. The minimum Gasteiger partial charge on any atom is -0.381 e. The summed E-state index contributed by atoms with van der Waals surface area (Å²) >= 11 is 0. The van der Waals surface area contributed by atoms with E-state index in [1.807, 2.05) is 6.92 Å². The lowest BCUT2D eigenvalue weighted by Crippen LogP contribution is -2.99. The van der Waals surface area contributed by atoms with Gasteiger partial charge in [-0.1, -0.05) is 0 Å². The van der Waals surface area contributed by atoms with E-state index in [1.54, 1.807) is 28.4 Å². The Kier molecular flexibility index (Phi) is 8.97. The van der Waals surface area contributed by atoms with Gasteiger partial charge in [-0.05, 0) is 63.7 Å². The summed E-state index contributed by atoms with van der Waals surface area (Å²) in [5.74, 6) is 1.38. The molecule has 3 aliphatic heterocycles. The topological polar surface area (TPSA) is 112 Å². The quantitative estimate of drug-likeness (QED) is 0.440. The number of ether oxygens (including phenoxy) is 5. The first-order valence-corrected chi connectivity index (χ1v) is 16.1. The van der Waals surface area contributed by atoms with Gasteiger partial charge in [-0.25, -0.2) is 0 Å². The van der Waals surface area contributed by atoms with Crippen LogP contribution in [0.1, 0.15) is 64.7 Å². The van der Waals surface area contributed by atoms with Crippen LogP contribution in [0, 0.1) is 23.7 Å². The lowest BCUT2D eigenvalue weighted by molar-refractivity contribution is -0.713. The normalized spacial score (nSPS) is 46.3. The molecule has 2 amide bonds. The minimum atomic E-state index is -0.524. The van der Waals surface area contributed by atoms with Crippen LogP contribution in [0.4, 0.5) is 0 Å². The Morgan fingerprint density at radius 2 is 1.63 bits per heavy atom. The summed E-state index contributed by atoms with van der Waals surface area (Å²) in [4.78, 5) is 29.8. The molecular formula is C31H52N3O7+. The van der Waals surface area contributed by atoms with Gasteiger partial charge in [0.05, 0.1) is 55.1 Å². The van der Waals surface area contributed by atoms with Gasteiger partial charge in [-0.3, -0.25) is 9.59 Å². The summed E-state index contributed by atoms with van der Waals surface area (Å²) in [7, 11) is 6.91. The molecule has 6 aliphatic rings. The van der Waals surface area contributed by atoms with Crippen LogP contribution in [0.15, 0.2) is 0 Å². The number of hydrogen-bond acceptors (Lipinski definition) is 7. The number of fused-ring (bicyclic) bond motifs is 5. The van der Waals surface area contributed by atoms with Crippen molar-refractivity contribution < 1.29 is 38.6 Å². The van der Waals surface area contributed by atoms with Crippen molar-refractivity contribution in [1.29, 1.82) is 0 Å². The molecule has 3 N–H and O–H groups in total. The van der Waals surface area contributed by atoms with Crippen LogP contribution in [0.25, 0.3) is 0 Å². The van der Waals surface area contributed by atoms with Crippen molar-refractivity contribution in [3.8, 4) is 0 Å². The summed E-state index contributed by atoms with van der Waals surface area (Å²) in [5.41, 5.74) is 0. The highest BCUT2D eigenvalue weighted by Crippen LogP contribution is 2.53. The zero-order chi connectivity index (χ0) is 28.8. The van der Waals surface area contributed by atoms with E-state index in [0.717, 1.165) is 64.3 Å².